The predicted molar refractivity (Wildman–Crippen MR) is 134 cm³/mol. The molecule has 3 N–H and O–H groups in total. The number of nitrogens with zero attached hydrogens (tertiary/aromatic N) is 5. The van der Waals surface area contributed by atoms with E-state index in [1.54, 1.807) is 13.3 Å². The van der Waals surface area contributed by atoms with Crippen molar-refractivity contribution in [1.29, 1.82) is 0 Å². The van der Waals surface area contributed by atoms with Gasteiger partial charge < -0.3 is 30.2 Å². The van der Waals surface area contributed by atoms with Gasteiger partial charge in [0.2, 0.25) is 5.95 Å². The second-order valence-corrected chi connectivity index (χ2v) is 8.70. The van der Waals surface area contributed by atoms with Crippen molar-refractivity contribution in [2.24, 2.45) is 7.05 Å². The monoisotopic (exact) mass is 443 g/mol. The first-order valence-electron chi connectivity index (χ1n) is 11.0. The van der Waals surface area contributed by atoms with Crippen molar-refractivity contribution in [3.63, 3.8) is 0 Å². The van der Waals surface area contributed by atoms with Crippen LogP contribution < -0.4 is 20.7 Å². The number of aryl methyl sites for hydroxylation is 1. The van der Waals surface area contributed by atoms with Crippen LogP contribution in [0.5, 0.6) is 5.75 Å². The molecule has 1 aliphatic heterocycles. The van der Waals surface area contributed by atoms with Crippen molar-refractivity contribution >= 4 is 33.9 Å². The number of nitrogen functional groups attached to an aromatic ring is 1. The van der Waals surface area contributed by atoms with Gasteiger partial charge in [-0.2, -0.15) is 0 Å². The molecule has 0 amide bonds. The third-order valence-electron chi connectivity index (χ3n) is 6.36. The molecule has 0 radical (unpaired) electrons. The van der Waals surface area contributed by atoms with Gasteiger partial charge in [-0.25, -0.2) is 9.97 Å². The standard InChI is InChI=1S/C25H29N7O/c1-30(2)16-13-32(14-16)23-12-24(33-4)19(26)11-21(23)29-25-27-10-9-20(28-25)18-15-31(3)22-8-6-5-7-17(18)22/h5-12,15-16H,13-14,26H2,1-4H3,(H,27,28,29). The summed E-state index contributed by atoms with van der Waals surface area (Å²) in [5, 5.41) is 4.56. The van der Waals surface area contributed by atoms with E-state index in [2.05, 4.69) is 57.1 Å². The molecule has 0 atom stereocenters. The van der Waals surface area contributed by atoms with Crippen LogP contribution in [0.2, 0.25) is 0 Å². The Morgan fingerprint density at radius 3 is 2.70 bits per heavy atom. The van der Waals surface area contributed by atoms with E-state index < -0.39 is 0 Å². The van der Waals surface area contributed by atoms with Crippen molar-refractivity contribution in [3.05, 3.63) is 54.9 Å². The highest BCUT2D eigenvalue weighted by Gasteiger charge is 2.30. The topological polar surface area (TPSA) is 84.5 Å². The average Bonchev–Trinajstić information content (AvgIpc) is 3.11. The van der Waals surface area contributed by atoms with Crippen LogP contribution in [-0.4, -0.2) is 59.8 Å². The zero-order valence-corrected chi connectivity index (χ0v) is 19.4. The van der Waals surface area contributed by atoms with Crippen molar-refractivity contribution in [2.75, 3.05) is 50.2 Å². The van der Waals surface area contributed by atoms with Crippen molar-refractivity contribution in [2.45, 2.75) is 6.04 Å². The number of hydrogen-bond donors (Lipinski definition) is 2. The van der Waals surface area contributed by atoms with E-state index in [1.165, 1.54) is 5.52 Å². The van der Waals surface area contributed by atoms with Crippen LogP contribution in [0.25, 0.3) is 22.2 Å². The van der Waals surface area contributed by atoms with Crippen LogP contribution in [0.3, 0.4) is 0 Å². The third kappa shape index (κ3) is 3.82. The minimum absolute atomic E-state index is 0.521. The first-order valence-corrected chi connectivity index (χ1v) is 11.0. The molecule has 8 nitrogen and oxygen atoms in total. The van der Waals surface area contributed by atoms with Crippen molar-refractivity contribution in [3.8, 4) is 17.0 Å². The Morgan fingerprint density at radius 1 is 1.15 bits per heavy atom. The lowest BCUT2D eigenvalue weighted by molar-refractivity contribution is 0.247. The summed E-state index contributed by atoms with van der Waals surface area (Å²) in [4.78, 5) is 13.9. The van der Waals surface area contributed by atoms with Gasteiger partial charge in [0, 0.05) is 61.1 Å². The molecule has 1 aliphatic rings. The first kappa shape index (κ1) is 21.1. The molecular weight excluding hydrogens is 414 g/mol. The van der Waals surface area contributed by atoms with Gasteiger partial charge in [-0.05, 0) is 32.3 Å². The van der Waals surface area contributed by atoms with Crippen LogP contribution >= 0.6 is 0 Å². The van der Waals surface area contributed by atoms with E-state index in [-0.39, 0.29) is 0 Å². The molecule has 170 valence electrons. The van der Waals surface area contributed by atoms with Crippen LogP contribution in [-0.2, 0) is 7.05 Å². The van der Waals surface area contributed by atoms with E-state index in [1.807, 2.05) is 37.4 Å². The Morgan fingerprint density at radius 2 is 1.94 bits per heavy atom. The second kappa shape index (κ2) is 8.29. The van der Waals surface area contributed by atoms with Gasteiger partial charge in [0.15, 0.2) is 0 Å². The maximum Gasteiger partial charge on any atom is 0.227 e. The van der Waals surface area contributed by atoms with Crippen LogP contribution in [0.15, 0.2) is 54.9 Å². The number of fused-ring (bicyclic) bond motifs is 1. The molecule has 33 heavy (non-hydrogen) atoms. The number of nitrogens with one attached hydrogen (secondary N) is 1. The predicted octanol–water partition coefficient (Wildman–Crippen LogP) is 3.72. The highest BCUT2D eigenvalue weighted by molar-refractivity contribution is 5.95. The van der Waals surface area contributed by atoms with E-state index >= 15 is 0 Å². The summed E-state index contributed by atoms with van der Waals surface area (Å²) < 4.78 is 7.60. The third-order valence-corrected chi connectivity index (χ3v) is 6.36. The molecule has 5 rings (SSSR count). The first-order chi connectivity index (χ1) is 15.9. The number of para-hydroxylation sites is 1. The van der Waals surface area contributed by atoms with Gasteiger partial charge in [-0.3, -0.25) is 0 Å². The number of likely N-dealkylation sites (N-methyl/N-ethyl adjacent to an activating group) is 1. The maximum absolute atomic E-state index is 6.24. The van der Waals surface area contributed by atoms with E-state index in [9.17, 15) is 0 Å². The summed E-state index contributed by atoms with van der Waals surface area (Å²) in [6.07, 6.45) is 3.89. The van der Waals surface area contributed by atoms with Gasteiger partial charge >= 0.3 is 0 Å². The van der Waals surface area contributed by atoms with Gasteiger partial charge in [0.1, 0.15) is 5.75 Å². The summed E-state index contributed by atoms with van der Waals surface area (Å²) >= 11 is 0. The van der Waals surface area contributed by atoms with Crippen molar-refractivity contribution in [1.82, 2.24) is 19.4 Å². The highest BCUT2D eigenvalue weighted by atomic mass is 16.5. The number of benzene rings is 2. The lowest BCUT2D eigenvalue weighted by Crippen LogP contribution is -2.57. The number of rotatable bonds is 6. The second-order valence-electron chi connectivity index (χ2n) is 8.70. The summed E-state index contributed by atoms with van der Waals surface area (Å²) in [6, 6.07) is 14.7. The number of hydrogen-bond acceptors (Lipinski definition) is 7. The van der Waals surface area contributed by atoms with Crippen LogP contribution in [0.1, 0.15) is 0 Å². The Labute approximate surface area is 193 Å². The molecule has 0 bridgehead atoms. The van der Waals surface area contributed by atoms with Crippen LogP contribution in [0, 0.1) is 0 Å². The fraction of sp³-hybridized carbons (Fsp3) is 0.280. The minimum atomic E-state index is 0.521. The Balaban J connectivity index is 1.49. The maximum atomic E-state index is 6.24. The number of methoxy groups -OCH3 is 1. The summed E-state index contributed by atoms with van der Waals surface area (Å²) in [7, 11) is 7.90. The number of aromatic nitrogens is 3. The summed E-state index contributed by atoms with van der Waals surface area (Å²) in [5.74, 6) is 1.19. The molecular formula is C25H29N7O. The Hall–Kier alpha value is -3.78. The Bertz CT molecular complexity index is 1310. The molecule has 0 saturated carbocycles. The largest absolute Gasteiger partial charge is 0.495 e. The molecule has 2 aromatic heterocycles. The van der Waals surface area contributed by atoms with Gasteiger partial charge in [0.25, 0.3) is 0 Å². The molecule has 2 aromatic carbocycles. The zero-order chi connectivity index (χ0) is 23.1. The SMILES string of the molecule is COc1cc(N2CC(N(C)C)C2)c(Nc2nccc(-c3cn(C)c4ccccc34)n2)cc1N. The van der Waals surface area contributed by atoms with E-state index in [4.69, 9.17) is 15.5 Å². The molecule has 3 heterocycles. The smallest absolute Gasteiger partial charge is 0.227 e. The zero-order valence-electron chi connectivity index (χ0n) is 19.4. The van der Waals surface area contributed by atoms with Gasteiger partial charge in [0.05, 0.1) is 29.9 Å². The number of anilines is 4. The molecule has 0 spiro atoms. The quantitative estimate of drug-likeness (QED) is 0.439. The van der Waals surface area contributed by atoms with E-state index in [0.717, 1.165) is 41.1 Å². The van der Waals surface area contributed by atoms with Gasteiger partial charge in [-0.1, -0.05) is 18.2 Å². The Kier molecular flexibility index (Phi) is 5.30. The molecule has 1 fully saturated rings. The highest BCUT2D eigenvalue weighted by Crippen LogP contribution is 2.39. The number of ether oxygens (including phenoxy) is 1. The molecule has 4 aromatic rings. The lowest BCUT2D eigenvalue weighted by Gasteiger charge is -2.45. The molecule has 0 aliphatic carbocycles. The fourth-order valence-corrected chi connectivity index (χ4v) is 4.34. The lowest BCUT2D eigenvalue weighted by atomic mass is 10.1. The summed E-state index contributed by atoms with van der Waals surface area (Å²) in [5.41, 5.74) is 11.8. The normalized spacial score (nSPS) is 14.0. The van der Waals surface area contributed by atoms with E-state index in [0.29, 0.717) is 23.4 Å². The summed E-state index contributed by atoms with van der Waals surface area (Å²) in [6.45, 7) is 1.87. The molecule has 8 heteroatoms. The van der Waals surface area contributed by atoms with Crippen LogP contribution in [0.4, 0.5) is 23.0 Å². The minimum Gasteiger partial charge on any atom is -0.495 e. The average molecular weight is 444 g/mol. The van der Waals surface area contributed by atoms with Crippen molar-refractivity contribution < 1.29 is 4.74 Å². The molecule has 1 saturated heterocycles. The molecule has 0 unspecified atom stereocenters. The number of nitrogens with two attached hydrogens (primary N) is 1. The van der Waals surface area contributed by atoms with Gasteiger partial charge in [-0.15, -0.1) is 0 Å². The fourth-order valence-electron chi connectivity index (χ4n) is 4.34.